The number of H-pyrrole nitrogens is 1. The van der Waals surface area contributed by atoms with Gasteiger partial charge in [-0.2, -0.15) is 5.26 Å². The number of fused-ring (bicyclic) bond motifs is 1. The largest absolute Gasteiger partial charge is 0.345 e. The summed E-state index contributed by atoms with van der Waals surface area (Å²) in [7, 11) is 0. The zero-order valence-corrected chi connectivity index (χ0v) is 10.4. The van der Waals surface area contributed by atoms with Gasteiger partial charge in [0.15, 0.2) is 0 Å². The Morgan fingerprint density at radius 3 is 2.75 bits per heavy atom. The summed E-state index contributed by atoms with van der Waals surface area (Å²) in [6.45, 7) is 0. The van der Waals surface area contributed by atoms with Crippen LogP contribution in [0, 0.1) is 11.3 Å². The third kappa shape index (κ3) is 2.10. The lowest BCUT2D eigenvalue weighted by molar-refractivity contribution is 0.102. The van der Waals surface area contributed by atoms with Crippen LogP contribution >= 0.6 is 0 Å². The van der Waals surface area contributed by atoms with Crippen LogP contribution in [0.3, 0.4) is 0 Å². The van der Waals surface area contributed by atoms with Gasteiger partial charge in [0.25, 0.3) is 5.91 Å². The number of carbonyl (C=O) groups is 1. The van der Waals surface area contributed by atoms with E-state index in [1.807, 2.05) is 18.2 Å². The fourth-order valence-electron chi connectivity index (χ4n) is 1.96. The molecular formula is C15H10N4O. The predicted molar refractivity (Wildman–Crippen MR) is 75.2 cm³/mol. The number of nitriles is 1. The van der Waals surface area contributed by atoms with Crippen LogP contribution in [-0.4, -0.2) is 15.9 Å². The van der Waals surface area contributed by atoms with Crippen LogP contribution in [0.25, 0.3) is 11.0 Å². The summed E-state index contributed by atoms with van der Waals surface area (Å²) in [4.78, 5) is 19.3. The fourth-order valence-corrected chi connectivity index (χ4v) is 1.96. The highest BCUT2D eigenvalue weighted by molar-refractivity contribution is 6.07. The van der Waals surface area contributed by atoms with Gasteiger partial charge in [0.1, 0.15) is 5.52 Å². The van der Waals surface area contributed by atoms with Crippen LogP contribution in [0.4, 0.5) is 5.69 Å². The van der Waals surface area contributed by atoms with Gasteiger partial charge in [-0.25, -0.2) is 4.98 Å². The van der Waals surface area contributed by atoms with Gasteiger partial charge >= 0.3 is 0 Å². The molecule has 3 rings (SSSR count). The Bertz CT molecular complexity index is 812. The van der Waals surface area contributed by atoms with Gasteiger partial charge in [-0.15, -0.1) is 0 Å². The normalized spacial score (nSPS) is 10.2. The summed E-state index contributed by atoms with van der Waals surface area (Å²) in [5.41, 5.74) is 3.25. The first-order valence-electron chi connectivity index (χ1n) is 6.01. The highest BCUT2D eigenvalue weighted by Crippen LogP contribution is 2.20. The first kappa shape index (κ1) is 11.9. The number of hydrogen-bond donors (Lipinski definition) is 2. The Hall–Kier alpha value is -3.13. The van der Waals surface area contributed by atoms with Crippen LogP contribution in [0.1, 0.15) is 15.9 Å². The number of nitrogens with zero attached hydrogens (tertiary/aromatic N) is 2. The summed E-state index contributed by atoms with van der Waals surface area (Å²) in [5, 5.41) is 11.6. The van der Waals surface area contributed by atoms with Gasteiger partial charge in [0.05, 0.1) is 29.2 Å². The number of hydrogen-bond acceptors (Lipinski definition) is 3. The average molecular weight is 262 g/mol. The number of carbonyl (C=O) groups excluding carboxylic acids is 1. The minimum Gasteiger partial charge on any atom is -0.345 e. The number of anilines is 1. The van der Waals surface area contributed by atoms with Crippen LogP contribution in [0.2, 0.25) is 0 Å². The van der Waals surface area contributed by atoms with Crippen molar-refractivity contribution in [1.29, 1.82) is 5.26 Å². The Labute approximate surface area is 114 Å². The Morgan fingerprint density at radius 1 is 1.20 bits per heavy atom. The van der Waals surface area contributed by atoms with E-state index in [1.165, 1.54) is 0 Å². The number of amides is 1. The lowest BCUT2D eigenvalue weighted by Gasteiger charge is -2.05. The van der Waals surface area contributed by atoms with Crippen LogP contribution in [-0.2, 0) is 0 Å². The molecule has 0 aliphatic heterocycles. The van der Waals surface area contributed by atoms with E-state index in [-0.39, 0.29) is 5.91 Å². The van der Waals surface area contributed by atoms with E-state index in [0.717, 1.165) is 11.0 Å². The quantitative estimate of drug-likeness (QED) is 0.745. The van der Waals surface area contributed by atoms with E-state index in [4.69, 9.17) is 5.26 Å². The molecular weight excluding hydrogens is 252 g/mol. The molecule has 0 saturated carbocycles. The number of nitrogens with one attached hydrogen (secondary N) is 2. The van der Waals surface area contributed by atoms with Crippen molar-refractivity contribution in [3.63, 3.8) is 0 Å². The standard InChI is InChI=1S/C15H10N4O/c16-8-10-4-6-11(7-5-10)15(20)19-13-3-1-2-12-14(13)18-9-17-12/h1-7,9H,(H,17,18)(H,19,20). The predicted octanol–water partition coefficient (Wildman–Crippen LogP) is 2.69. The Balaban J connectivity index is 1.88. The number of aromatic amines is 1. The molecule has 20 heavy (non-hydrogen) atoms. The third-order valence-electron chi connectivity index (χ3n) is 2.97. The maximum absolute atomic E-state index is 12.1. The minimum absolute atomic E-state index is 0.231. The molecule has 0 saturated heterocycles. The molecule has 5 heteroatoms. The molecule has 0 unspecified atom stereocenters. The van der Waals surface area contributed by atoms with Gasteiger partial charge in [-0.1, -0.05) is 6.07 Å². The summed E-state index contributed by atoms with van der Waals surface area (Å²) in [6, 6.07) is 14.0. The zero-order chi connectivity index (χ0) is 13.9. The van der Waals surface area contributed by atoms with Crippen molar-refractivity contribution >= 4 is 22.6 Å². The van der Waals surface area contributed by atoms with E-state index in [1.54, 1.807) is 36.7 Å². The van der Waals surface area contributed by atoms with Gasteiger partial charge in [-0.05, 0) is 36.4 Å². The average Bonchev–Trinajstić information content (AvgIpc) is 2.97. The molecule has 0 atom stereocenters. The maximum atomic E-state index is 12.1. The first-order valence-corrected chi connectivity index (χ1v) is 6.01. The fraction of sp³-hybridized carbons (Fsp3) is 0. The smallest absolute Gasteiger partial charge is 0.255 e. The Morgan fingerprint density at radius 2 is 2.00 bits per heavy atom. The minimum atomic E-state index is -0.231. The Kier molecular flexibility index (Phi) is 2.90. The van der Waals surface area contributed by atoms with E-state index in [2.05, 4.69) is 15.3 Å². The second-order valence-electron chi connectivity index (χ2n) is 4.25. The molecule has 2 N–H and O–H groups in total. The van der Waals surface area contributed by atoms with Gasteiger partial charge in [0.2, 0.25) is 0 Å². The third-order valence-corrected chi connectivity index (χ3v) is 2.97. The van der Waals surface area contributed by atoms with Crippen molar-refractivity contribution in [2.75, 3.05) is 5.32 Å². The molecule has 0 bridgehead atoms. The second kappa shape index (κ2) is 4.86. The molecule has 5 nitrogen and oxygen atoms in total. The number of imidazole rings is 1. The highest BCUT2D eigenvalue weighted by atomic mass is 16.1. The van der Waals surface area contributed by atoms with E-state index < -0.39 is 0 Å². The number of aromatic nitrogens is 2. The molecule has 3 aromatic rings. The molecule has 0 spiro atoms. The molecule has 2 aromatic carbocycles. The molecule has 0 aliphatic carbocycles. The van der Waals surface area contributed by atoms with Crippen molar-refractivity contribution in [1.82, 2.24) is 9.97 Å². The number of benzene rings is 2. The van der Waals surface area contributed by atoms with Crippen LogP contribution in [0.15, 0.2) is 48.8 Å². The molecule has 96 valence electrons. The summed E-state index contributed by atoms with van der Waals surface area (Å²) >= 11 is 0. The van der Waals surface area contributed by atoms with Gasteiger partial charge in [-0.3, -0.25) is 4.79 Å². The molecule has 1 aromatic heterocycles. The second-order valence-corrected chi connectivity index (χ2v) is 4.25. The van der Waals surface area contributed by atoms with Crippen molar-refractivity contribution in [3.8, 4) is 6.07 Å². The van der Waals surface area contributed by atoms with E-state index in [0.29, 0.717) is 16.8 Å². The van der Waals surface area contributed by atoms with Crippen LogP contribution < -0.4 is 5.32 Å². The van der Waals surface area contributed by atoms with Gasteiger partial charge < -0.3 is 10.3 Å². The van der Waals surface area contributed by atoms with Crippen molar-refractivity contribution in [2.45, 2.75) is 0 Å². The number of rotatable bonds is 2. The molecule has 1 amide bonds. The first-order chi connectivity index (χ1) is 9.78. The molecule has 0 fully saturated rings. The maximum Gasteiger partial charge on any atom is 0.255 e. The van der Waals surface area contributed by atoms with Gasteiger partial charge in [0, 0.05) is 5.56 Å². The monoisotopic (exact) mass is 262 g/mol. The SMILES string of the molecule is N#Cc1ccc(C(=O)Nc2cccc3[nH]cnc23)cc1. The molecule has 1 heterocycles. The number of para-hydroxylation sites is 1. The topological polar surface area (TPSA) is 81.6 Å². The highest BCUT2D eigenvalue weighted by Gasteiger charge is 2.09. The lowest BCUT2D eigenvalue weighted by Crippen LogP contribution is -2.12. The zero-order valence-electron chi connectivity index (χ0n) is 10.4. The molecule has 0 radical (unpaired) electrons. The summed E-state index contributed by atoms with van der Waals surface area (Å²) in [5.74, 6) is -0.231. The molecule has 0 aliphatic rings. The van der Waals surface area contributed by atoms with E-state index >= 15 is 0 Å². The van der Waals surface area contributed by atoms with Crippen molar-refractivity contribution in [3.05, 3.63) is 59.9 Å². The summed E-state index contributed by atoms with van der Waals surface area (Å²) < 4.78 is 0. The van der Waals surface area contributed by atoms with Crippen molar-refractivity contribution in [2.24, 2.45) is 0 Å². The van der Waals surface area contributed by atoms with Crippen molar-refractivity contribution < 1.29 is 4.79 Å². The lowest BCUT2D eigenvalue weighted by atomic mass is 10.1. The van der Waals surface area contributed by atoms with E-state index in [9.17, 15) is 4.79 Å². The van der Waals surface area contributed by atoms with Crippen LogP contribution in [0.5, 0.6) is 0 Å². The summed E-state index contributed by atoms with van der Waals surface area (Å²) in [6.07, 6.45) is 1.59.